The molecule has 0 bridgehead atoms. The molecule has 2 atom stereocenters. The number of nitrogens with two attached hydrogens (primary N) is 1. The van der Waals surface area contributed by atoms with Crippen molar-refractivity contribution in [3.05, 3.63) is 16.3 Å². The molecule has 19 heavy (non-hydrogen) atoms. The van der Waals surface area contributed by atoms with Crippen LogP contribution in [-0.2, 0) is 4.74 Å². The summed E-state index contributed by atoms with van der Waals surface area (Å²) in [5.74, 6) is 0.131. The number of aromatic nitrogens is 2. The second-order valence-electron chi connectivity index (χ2n) is 4.33. The molecule has 0 aliphatic carbocycles. The van der Waals surface area contributed by atoms with E-state index in [4.69, 9.17) is 15.6 Å². The Labute approximate surface area is 109 Å². The van der Waals surface area contributed by atoms with Crippen LogP contribution in [0.3, 0.4) is 0 Å². The Morgan fingerprint density at radius 3 is 3.11 bits per heavy atom. The van der Waals surface area contributed by atoms with Crippen LogP contribution in [0.2, 0.25) is 0 Å². The van der Waals surface area contributed by atoms with Gasteiger partial charge in [0.1, 0.15) is 6.20 Å². The number of rotatable bonds is 3. The Hall–Kier alpha value is -2.00. The van der Waals surface area contributed by atoms with Gasteiger partial charge in [0.25, 0.3) is 0 Å². The molecule has 2 heterocycles. The number of aliphatic hydroxyl groups is 1. The van der Waals surface area contributed by atoms with Gasteiger partial charge in [-0.2, -0.15) is 4.98 Å². The van der Waals surface area contributed by atoms with Gasteiger partial charge in [0.05, 0.1) is 30.3 Å². The van der Waals surface area contributed by atoms with Gasteiger partial charge < -0.3 is 20.5 Å². The average Bonchev–Trinajstić information content (AvgIpc) is 2.38. The van der Waals surface area contributed by atoms with Crippen LogP contribution in [0, 0.1) is 10.1 Å². The molecule has 2 unspecified atom stereocenters. The molecule has 9 nitrogen and oxygen atoms in total. The molecule has 1 aromatic heterocycles. The van der Waals surface area contributed by atoms with E-state index < -0.39 is 11.0 Å². The number of anilines is 2. The Balaban J connectivity index is 2.38. The van der Waals surface area contributed by atoms with Crippen molar-refractivity contribution in [2.45, 2.75) is 19.1 Å². The topological polar surface area (TPSA) is 128 Å². The molecule has 0 saturated carbocycles. The smallest absolute Gasteiger partial charge is 0.329 e. The fourth-order valence-electron chi connectivity index (χ4n) is 1.94. The molecule has 0 amide bonds. The molecule has 1 aliphatic rings. The van der Waals surface area contributed by atoms with Gasteiger partial charge in [-0.05, 0) is 6.92 Å². The number of hydrogen-bond donors (Lipinski definition) is 2. The van der Waals surface area contributed by atoms with Crippen LogP contribution in [0.25, 0.3) is 0 Å². The third-order valence-corrected chi connectivity index (χ3v) is 2.95. The van der Waals surface area contributed by atoms with Crippen molar-refractivity contribution in [2.24, 2.45) is 0 Å². The normalized spacial score (nSPS) is 23.4. The predicted octanol–water partition coefficient (Wildman–Crippen LogP) is -0.447. The van der Waals surface area contributed by atoms with E-state index in [1.54, 1.807) is 4.90 Å². The zero-order valence-corrected chi connectivity index (χ0v) is 10.4. The average molecular weight is 269 g/mol. The van der Waals surface area contributed by atoms with Crippen LogP contribution >= 0.6 is 0 Å². The van der Waals surface area contributed by atoms with Gasteiger partial charge in [0.15, 0.2) is 0 Å². The van der Waals surface area contributed by atoms with Gasteiger partial charge in [0.2, 0.25) is 11.8 Å². The molecule has 3 N–H and O–H groups in total. The van der Waals surface area contributed by atoms with Gasteiger partial charge in [-0.25, -0.2) is 4.98 Å². The predicted molar refractivity (Wildman–Crippen MR) is 66.7 cm³/mol. The molecule has 0 radical (unpaired) electrons. The summed E-state index contributed by atoms with van der Waals surface area (Å²) in [7, 11) is 0. The Morgan fingerprint density at radius 1 is 1.74 bits per heavy atom. The lowest BCUT2D eigenvalue weighted by Gasteiger charge is -2.37. The Bertz CT molecular complexity index is 483. The maximum absolute atomic E-state index is 11.0. The Morgan fingerprint density at radius 2 is 2.47 bits per heavy atom. The van der Waals surface area contributed by atoms with E-state index in [0.717, 1.165) is 6.20 Å². The van der Waals surface area contributed by atoms with E-state index in [1.807, 2.05) is 6.92 Å². The highest BCUT2D eigenvalue weighted by Gasteiger charge is 2.31. The maximum Gasteiger partial charge on any atom is 0.329 e. The van der Waals surface area contributed by atoms with Crippen LogP contribution in [0.15, 0.2) is 6.20 Å². The van der Waals surface area contributed by atoms with E-state index in [1.165, 1.54) is 0 Å². The molecule has 1 fully saturated rings. The number of morpholine rings is 1. The minimum Gasteiger partial charge on any atom is -0.394 e. The van der Waals surface area contributed by atoms with E-state index in [9.17, 15) is 10.1 Å². The fourth-order valence-corrected chi connectivity index (χ4v) is 1.94. The molecule has 1 aromatic rings. The van der Waals surface area contributed by atoms with Crippen LogP contribution in [0.1, 0.15) is 6.92 Å². The summed E-state index contributed by atoms with van der Waals surface area (Å²) in [4.78, 5) is 19.8. The van der Waals surface area contributed by atoms with Crippen molar-refractivity contribution >= 4 is 17.5 Å². The maximum atomic E-state index is 11.0. The quantitative estimate of drug-likeness (QED) is 0.558. The third kappa shape index (κ3) is 2.71. The summed E-state index contributed by atoms with van der Waals surface area (Å²) in [6, 6.07) is -0.101. The third-order valence-electron chi connectivity index (χ3n) is 2.95. The van der Waals surface area contributed by atoms with E-state index in [0.29, 0.717) is 13.2 Å². The summed E-state index contributed by atoms with van der Waals surface area (Å²) < 4.78 is 5.39. The number of aliphatic hydroxyl groups excluding tert-OH is 1. The number of ether oxygens (including phenoxy) is 1. The minimum absolute atomic E-state index is 0.0279. The van der Waals surface area contributed by atoms with Gasteiger partial charge in [-0.3, -0.25) is 10.1 Å². The molecule has 0 aromatic carbocycles. The minimum atomic E-state index is -0.551. The van der Waals surface area contributed by atoms with Gasteiger partial charge in [0, 0.05) is 6.54 Å². The highest BCUT2D eigenvalue weighted by atomic mass is 16.6. The summed E-state index contributed by atoms with van der Waals surface area (Å²) in [6.45, 7) is 2.37. The zero-order valence-electron chi connectivity index (χ0n) is 10.4. The van der Waals surface area contributed by atoms with Crippen LogP contribution < -0.4 is 10.6 Å². The molecule has 9 heteroatoms. The number of hydrogen-bond acceptors (Lipinski definition) is 8. The summed E-state index contributed by atoms with van der Waals surface area (Å²) in [5, 5.41) is 20.1. The highest BCUT2D eigenvalue weighted by molar-refractivity contribution is 5.59. The van der Waals surface area contributed by atoms with Crippen molar-refractivity contribution < 1.29 is 14.8 Å². The van der Waals surface area contributed by atoms with Gasteiger partial charge >= 0.3 is 5.69 Å². The number of nitro groups is 1. The molecular weight excluding hydrogens is 254 g/mol. The summed E-state index contributed by atoms with van der Waals surface area (Å²) >= 11 is 0. The first-order valence-electron chi connectivity index (χ1n) is 5.79. The van der Waals surface area contributed by atoms with Crippen molar-refractivity contribution in [3.8, 4) is 0 Å². The fraction of sp³-hybridized carbons (Fsp3) is 0.600. The van der Waals surface area contributed by atoms with E-state index in [-0.39, 0.29) is 30.1 Å². The van der Waals surface area contributed by atoms with Gasteiger partial charge in [-0.1, -0.05) is 0 Å². The summed E-state index contributed by atoms with van der Waals surface area (Å²) in [5.41, 5.74) is 5.29. The lowest BCUT2D eigenvalue weighted by Crippen LogP contribution is -2.50. The molecule has 0 spiro atoms. The number of nitrogens with zero attached hydrogens (tertiary/aromatic N) is 4. The second-order valence-corrected chi connectivity index (χ2v) is 4.33. The van der Waals surface area contributed by atoms with Crippen LogP contribution in [0.5, 0.6) is 0 Å². The zero-order chi connectivity index (χ0) is 14.0. The monoisotopic (exact) mass is 269 g/mol. The largest absolute Gasteiger partial charge is 0.394 e. The highest BCUT2D eigenvalue weighted by Crippen LogP contribution is 2.29. The van der Waals surface area contributed by atoms with Gasteiger partial charge in [-0.15, -0.1) is 0 Å². The lowest BCUT2D eigenvalue weighted by molar-refractivity contribution is -0.384. The molecule has 2 rings (SSSR count). The van der Waals surface area contributed by atoms with Crippen molar-refractivity contribution in [1.82, 2.24) is 9.97 Å². The molecule has 1 saturated heterocycles. The molecular formula is C10H15N5O4. The van der Waals surface area contributed by atoms with Crippen LogP contribution in [-0.4, -0.2) is 51.9 Å². The summed E-state index contributed by atoms with van der Waals surface area (Å²) in [6.07, 6.45) is 0.695. The first-order chi connectivity index (χ1) is 9.02. The number of nitrogen functional groups attached to an aromatic ring is 1. The Kier molecular flexibility index (Phi) is 3.76. The van der Waals surface area contributed by atoms with E-state index >= 15 is 0 Å². The first-order valence-corrected chi connectivity index (χ1v) is 5.79. The first kappa shape index (κ1) is 13.4. The SMILES string of the molecule is CC1COC(CO)CN1c1nc(N)ncc1[N+](=O)[O-]. The van der Waals surface area contributed by atoms with Crippen molar-refractivity contribution in [1.29, 1.82) is 0 Å². The van der Waals surface area contributed by atoms with Crippen LogP contribution in [0.4, 0.5) is 17.5 Å². The van der Waals surface area contributed by atoms with Crippen molar-refractivity contribution in [2.75, 3.05) is 30.4 Å². The van der Waals surface area contributed by atoms with E-state index in [2.05, 4.69) is 9.97 Å². The second kappa shape index (κ2) is 5.33. The lowest BCUT2D eigenvalue weighted by atomic mass is 10.2. The standard InChI is InChI=1S/C10H15N5O4/c1-6-5-19-7(4-16)3-14(6)9-8(15(17)18)2-12-10(11)13-9/h2,6-7,16H,3-5H2,1H3,(H2,11,12,13). The van der Waals surface area contributed by atoms with Crippen molar-refractivity contribution in [3.63, 3.8) is 0 Å². The molecule has 104 valence electrons. The molecule has 1 aliphatic heterocycles.